The number of ether oxygens (including phenoxy) is 3. The molecule has 0 atom stereocenters. The van der Waals surface area contributed by atoms with Crippen LogP contribution in [0, 0.1) is 0 Å². The summed E-state index contributed by atoms with van der Waals surface area (Å²) in [6, 6.07) is 7.51. The number of rotatable bonds is 8. The molecule has 2 aromatic rings. The maximum atomic E-state index is 9.84. The summed E-state index contributed by atoms with van der Waals surface area (Å²) in [7, 11) is 3.15. The largest absolute Gasteiger partial charge is 0.504 e. The summed E-state index contributed by atoms with van der Waals surface area (Å²) < 4.78 is 15.9. The minimum atomic E-state index is 0.183. The average Bonchev–Trinajstić information content (AvgIpc) is 2.72. The zero-order valence-corrected chi connectivity index (χ0v) is 16.6. The number of aromatic nitrogens is 2. The highest BCUT2D eigenvalue weighted by Gasteiger charge is 2.21. The number of phenols is 1. The third-order valence-corrected chi connectivity index (χ3v) is 4.75. The first-order valence-corrected chi connectivity index (χ1v) is 9.52. The maximum absolute atomic E-state index is 9.84. The number of methoxy groups -OCH3 is 2. The van der Waals surface area contributed by atoms with E-state index in [0.29, 0.717) is 36.1 Å². The van der Waals surface area contributed by atoms with Gasteiger partial charge in [-0.3, -0.25) is 4.90 Å². The van der Waals surface area contributed by atoms with Crippen LogP contribution in [-0.4, -0.2) is 59.9 Å². The Bertz CT molecular complexity index is 757. The van der Waals surface area contributed by atoms with Crippen LogP contribution in [0.2, 0.25) is 0 Å². The second-order valence-corrected chi connectivity index (χ2v) is 6.71. The molecule has 8 heteroatoms. The van der Waals surface area contributed by atoms with E-state index in [0.717, 1.165) is 38.0 Å². The number of phenolic OH excluding ortho intramolecular Hbond substituents is 1. The molecule has 0 bridgehead atoms. The van der Waals surface area contributed by atoms with Crippen molar-refractivity contribution >= 4 is 5.95 Å². The first-order valence-electron chi connectivity index (χ1n) is 9.52. The van der Waals surface area contributed by atoms with E-state index in [9.17, 15) is 5.11 Å². The molecule has 2 heterocycles. The zero-order chi connectivity index (χ0) is 19.9. The van der Waals surface area contributed by atoms with Gasteiger partial charge in [-0.25, -0.2) is 0 Å². The molecule has 28 heavy (non-hydrogen) atoms. The Labute approximate surface area is 165 Å². The second-order valence-electron chi connectivity index (χ2n) is 6.71. The van der Waals surface area contributed by atoms with Gasteiger partial charge in [0.2, 0.25) is 17.7 Å². The monoisotopic (exact) mass is 388 g/mol. The normalized spacial score (nSPS) is 15.2. The molecule has 0 aliphatic carbocycles. The van der Waals surface area contributed by atoms with Gasteiger partial charge in [-0.15, -0.1) is 0 Å². The fourth-order valence-corrected chi connectivity index (χ4v) is 3.28. The van der Waals surface area contributed by atoms with Crippen molar-refractivity contribution in [2.75, 3.05) is 39.2 Å². The average molecular weight is 388 g/mol. The fraction of sp³-hybridized carbons (Fsp3) is 0.500. The van der Waals surface area contributed by atoms with Gasteiger partial charge in [0, 0.05) is 25.7 Å². The number of nitrogens with one attached hydrogen (secondary N) is 1. The third-order valence-electron chi connectivity index (χ3n) is 4.75. The van der Waals surface area contributed by atoms with E-state index in [1.807, 2.05) is 19.1 Å². The van der Waals surface area contributed by atoms with Crippen molar-refractivity contribution < 1.29 is 19.3 Å². The summed E-state index contributed by atoms with van der Waals surface area (Å²) in [5, 5.41) is 13.2. The molecule has 8 nitrogen and oxygen atoms in total. The lowest BCUT2D eigenvalue weighted by Crippen LogP contribution is -2.39. The van der Waals surface area contributed by atoms with Crippen LogP contribution in [0.4, 0.5) is 5.95 Å². The number of hydrogen-bond acceptors (Lipinski definition) is 8. The van der Waals surface area contributed by atoms with Gasteiger partial charge in [-0.2, -0.15) is 9.97 Å². The lowest BCUT2D eigenvalue weighted by molar-refractivity contribution is 0.210. The number of hydrogen-bond donors (Lipinski definition) is 2. The summed E-state index contributed by atoms with van der Waals surface area (Å²) in [6.07, 6.45) is 1.97. The van der Waals surface area contributed by atoms with Crippen LogP contribution in [0.15, 0.2) is 24.3 Å². The van der Waals surface area contributed by atoms with E-state index in [2.05, 4.69) is 20.2 Å². The second kappa shape index (κ2) is 9.45. The van der Waals surface area contributed by atoms with Gasteiger partial charge in [-0.1, -0.05) is 6.07 Å². The van der Waals surface area contributed by atoms with Crippen LogP contribution in [0.1, 0.15) is 25.3 Å². The molecule has 1 aromatic carbocycles. The molecule has 1 saturated heterocycles. The van der Waals surface area contributed by atoms with Crippen molar-refractivity contribution in [1.82, 2.24) is 14.9 Å². The van der Waals surface area contributed by atoms with Gasteiger partial charge in [0.25, 0.3) is 0 Å². The number of anilines is 1. The van der Waals surface area contributed by atoms with Gasteiger partial charge < -0.3 is 24.6 Å². The Morgan fingerprint density at radius 2 is 1.79 bits per heavy atom. The molecular formula is C20H28N4O4. The van der Waals surface area contributed by atoms with Crippen molar-refractivity contribution in [3.8, 4) is 23.3 Å². The number of likely N-dealkylation sites (tertiary alicyclic amines) is 1. The molecule has 0 spiro atoms. The summed E-state index contributed by atoms with van der Waals surface area (Å²) in [5.74, 6) is 2.20. The fourth-order valence-electron chi connectivity index (χ4n) is 3.28. The highest BCUT2D eigenvalue weighted by molar-refractivity contribution is 5.41. The van der Waals surface area contributed by atoms with Crippen LogP contribution in [0.25, 0.3) is 0 Å². The predicted molar refractivity (Wildman–Crippen MR) is 106 cm³/mol. The first kappa shape index (κ1) is 20.0. The van der Waals surface area contributed by atoms with E-state index in [1.165, 1.54) is 0 Å². The molecule has 0 amide bonds. The SMILES string of the molecule is CCOc1cc(CN2CCC(Nc3nc(OC)cc(OC)n3)CC2)ccc1O. The van der Waals surface area contributed by atoms with Crippen LogP contribution in [0.5, 0.6) is 23.3 Å². The van der Waals surface area contributed by atoms with Crippen LogP contribution < -0.4 is 19.5 Å². The van der Waals surface area contributed by atoms with E-state index >= 15 is 0 Å². The van der Waals surface area contributed by atoms with Crippen LogP contribution in [0.3, 0.4) is 0 Å². The molecular weight excluding hydrogens is 360 g/mol. The van der Waals surface area contributed by atoms with E-state index in [4.69, 9.17) is 14.2 Å². The molecule has 1 aromatic heterocycles. The molecule has 1 fully saturated rings. The van der Waals surface area contributed by atoms with Gasteiger partial charge in [0.1, 0.15) is 0 Å². The molecule has 3 rings (SSSR count). The number of piperidine rings is 1. The Morgan fingerprint density at radius 1 is 1.11 bits per heavy atom. The highest BCUT2D eigenvalue weighted by atomic mass is 16.5. The molecule has 1 aliphatic rings. The molecule has 1 aliphatic heterocycles. The van der Waals surface area contributed by atoms with Crippen LogP contribution >= 0.6 is 0 Å². The standard InChI is InChI=1S/C20H28N4O4/c1-4-28-17-11-14(5-6-16(17)25)13-24-9-7-15(8-10-24)21-20-22-18(26-2)12-19(23-20)27-3/h5-6,11-12,15,25H,4,7-10,13H2,1-3H3,(H,21,22,23). The van der Waals surface area contributed by atoms with Gasteiger partial charge in [0.05, 0.1) is 26.9 Å². The molecule has 0 unspecified atom stereocenters. The number of benzene rings is 1. The Balaban J connectivity index is 1.54. The number of aromatic hydroxyl groups is 1. The topological polar surface area (TPSA) is 89.0 Å². The third kappa shape index (κ3) is 5.16. The highest BCUT2D eigenvalue weighted by Crippen LogP contribution is 2.28. The summed E-state index contributed by atoms with van der Waals surface area (Å²) in [4.78, 5) is 11.1. The van der Waals surface area contributed by atoms with Gasteiger partial charge in [0.15, 0.2) is 11.5 Å². The Kier molecular flexibility index (Phi) is 6.76. The lowest BCUT2D eigenvalue weighted by atomic mass is 10.0. The van der Waals surface area contributed by atoms with E-state index < -0.39 is 0 Å². The van der Waals surface area contributed by atoms with Crippen molar-refractivity contribution in [2.24, 2.45) is 0 Å². The summed E-state index contributed by atoms with van der Waals surface area (Å²) in [5.41, 5.74) is 1.13. The Hall–Kier alpha value is -2.74. The molecule has 152 valence electrons. The number of nitrogens with zero attached hydrogens (tertiary/aromatic N) is 3. The molecule has 2 N–H and O–H groups in total. The quantitative estimate of drug-likeness (QED) is 0.714. The molecule has 0 saturated carbocycles. The van der Waals surface area contributed by atoms with Crippen molar-refractivity contribution in [1.29, 1.82) is 0 Å². The minimum absolute atomic E-state index is 0.183. The smallest absolute Gasteiger partial charge is 0.229 e. The van der Waals surface area contributed by atoms with E-state index in [1.54, 1.807) is 26.4 Å². The zero-order valence-electron chi connectivity index (χ0n) is 16.6. The summed E-state index contributed by atoms with van der Waals surface area (Å²) >= 11 is 0. The summed E-state index contributed by atoms with van der Waals surface area (Å²) in [6.45, 7) is 5.19. The first-order chi connectivity index (χ1) is 13.6. The molecule has 0 radical (unpaired) electrons. The van der Waals surface area contributed by atoms with Crippen molar-refractivity contribution in [3.63, 3.8) is 0 Å². The lowest BCUT2D eigenvalue weighted by Gasteiger charge is -2.32. The Morgan fingerprint density at radius 3 is 2.39 bits per heavy atom. The maximum Gasteiger partial charge on any atom is 0.229 e. The van der Waals surface area contributed by atoms with Crippen LogP contribution in [-0.2, 0) is 6.54 Å². The van der Waals surface area contributed by atoms with Crippen molar-refractivity contribution in [2.45, 2.75) is 32.4 Å². The van der Waals surface area contributed by atoms with Gasteiger partial charge >= 0.3 is 0 Å². The van der Waals surface area contributed by atoms with Gasteiger partial charge in [-0.05, 0) is 37.5 Å². The predicted octanol–water partition coefficient (Wildman–Crippen LogP) is 2.67. The van der Waals surface area contributed by atoms with E-state index in [-0.39, 0.29) is 5.75 Å². The minimum Gasteiger partial charge on any atom is -0.504 e. The van der Waals surface area contributed by atoms with Crippen molar-refractivity contribution in [3.05, 3.63) is 29.8 Å².